The van der Waals surface area contributed by atoms with E-state index in [1.165, 1.54) is 25.9 Å². The first kappa shape index (κ1) is 15.5. The van der Waals surface area contributed by atoms with Crippen LogP contribution in [0.4, 0.5) is 0 Å². The Morgan fingerprint density at radius 3 is 2.05 bits per heavy atom. The summed E-state index contributed by atoms with van der Waals surface area (Å²) in [5, 5.41) is 3.57. The Balaban J connectivity index is 1.91. The summed E-state index contributed by atoms with van der Waals surface area (Å²) < 4.78 is 0. The van der Waals surface area contributed by atoms with Crippen LogP contribution in [0.25, 0.3) is 0 Å². The first-order valence-corrected chi connectivity index (χ1v) is 8.12. The molecule has 1 aliphatic heterocycles. The number of benzene rings is 1. The van der Waals surface area contributed by atoms with Crippen molar-refractivity contribution in [3.63, 3.8) is 0 Å². The fraction of sp³-hybridized carbons (Fsp3) is 0.667. The Labute approximate surface area is 124 Å². The highest BCUT2D eigenvalue weighted by atomic mass is 15.2. The molecule has 0 amide bonds. The maximum Gasteiger partial charge on any atom is 0.0105 e. The van der Waals surface area contributed by atoms with Gasteiger partial charge in [0.25, 0.3) is 0 Å². The van der Waals surface area contributed by atoms with Crippen LogP contribution in [-0.2, 0) is 12.8 Å². The van der Waals surface area contributed by atoms with Crippen molar-refractivity contribution >= 4 is 0 Å². The van der Waals surface area contributed by atoms with E-state index in [1.807, 2.05) is 0 Å². The van der Waals surface area contributed by atoms with Crippen LogP contribution in [0.5, 0.6) is 0 Å². The molecule has 0 aromatic heterocycles. The average molecular weight is 274 g/mol. The predicted octanol–water partition coefficient (Wildman–Crippen LogP) is 3.11. The molecule has 2 atom stereocenters. The molecule has 0 fully saturated rings. The highest BCUT2D eigenvalue weighted by Gasteiger charge is 2.22. The van der Waals surface area contributed by atoms with Crippen LogP contribution in [0.2, 0.25) is 0 Å². The van der Waals surface area contributed by atoms with Gasteiger partial charge in [0, 0.05) is 25.2 Å². The first-order valence-electron chi connectivity index (χ1n) is 8.12. The lowest BCUT2D eigenvalue weighted by atomic mass is 10.0. The van der Waals surface area contributed by atoms with Crippen LogP contribution in [0.15, 0.2) is 24.3 Å². The van der Waals surface area contributed by atoms with Crippen LogP contribution in [0, 0.1) is 5.92 Å². The van der Waals surface area contributed by atoms with E-state index >= 15 is 0 Å². The van der Waals surface area contributed by atoms with Gasteiger partial charge in [0.1, 0.15) is 0 Å². The minimum atomic E-state index is 0.582. The number of nitrogens with zero attached hydrogens (tertiary/aromatic N) is 1. The fourth-order valence-electron chi connectivity index (χ4n) is 3.04. The van der Waals surface area contributed by atoms with Crippen LogP contribution >= 0.6 is 0 Å². The van der Waals surface area contributed by atoms with Gasteiger partial charge in [0.15, 0.2) is 0 Å². The summed E-state index contributed by atoms with van der Waals surface area (Å²) in [4.78, 5) is 2.67. The number of hydrogen-bond acceptors (Lipinski definition) is 2. The first-order chi connectivity index (χ1) is 9.58. The van der Waals surface area contributed by atoms with Crippen molar-refractivity contribution in [3.05, 3.63) is 35.4 Å². The van der Waals surface area contributed by atoms with Crippen LogP contribution in [-0.4, -0.2) is 36.6 Å². The summed E-state index contributed by atoms with van der Waals surface area (Å²) in [7, 11) is 0. The van der Waals surface area contributed by atoms with E-state index in [4.69, 9.17) is 0 Å². The lowest BCUT2D eigenvalue weighted by Gasteiger charge is -2.32. The van der Waals surface area contributed by atoms with Gasteiger partial charge in [-0.2, -0.15) is 0 Å². The minimum absolute atomic E-state index is 0.582. The molecule has 0 saturated heterocycles. The SMILES string of the molecule is CC(C)NCC(C)C(C)N1CCc2ccccc2CC1. The predicted molar refractivity (Wildman–Crippen MR) is 87.2 cm³/mol. The largest absolute Gasteiger partial charge is 0.314 e. The second kappa shape index (κ2) is 7.24. The molecule has 1 heterocycles. The van der Waals surface area contributed by atoms with Gasteiger partial charge in [-0.25, -0.2) is 0 Å². The Hall–Kier alpha value is -0.860. The van der Waals surface area contributed by atoms with E-state index in [0.717, 1.165) is 6.54 Å². The van der Waals surface area contributed by atoms with E-state index < -0.39 is 0 Å². The van der Waals surface area contributed by atoms with Crippen LogP contribution < -0.4 is 5.32 Å². The van der Waals surface area contributed by atoms with Crippen molar-refractivity contribution in [1.82, 2.24) is 10.2 Å². The summed E-state index contributed by atoms with van der Waals surface area (Å²) in [5.41, 5.74) is 3.10. The van der Waals surface area contributed by atoms with Crippen molar-refractivity contribution in [3.8, 4) is 0 Å². The van der Waals surface area contributed by atoms with Gasteiger partial charge in [-0.1, -0.05) is 45.0 Å². The third-order valence-electron chi connectivity index (χ3n) is 4.70. The zero-order valence-corrected chi connectivity index (χ0v) is 13.5. The summed E-state index contributed by atoms with van der Waals surface area (Å²) in [5.74, 6) is 0.693. The average Bonchev–Trinajstić information content (AvgIpc) is 2.66. The molecule has 2 unspecified atom stereocenters. The molecule has 2 heteroatoms. The van der Waals surface area contributed by atoms with E-state index in [-0.39, 0.29) is 0 Å². The third kappa shape index (κ3) is 4.07. The maximum absolute atomic E-state index is 3.57. The molecule has 0 saturated carbocycles. The molecule has 1 aromatic carbocycles. The maximum atomic E-state index is 3.57. The van der Waals surface area contributed by atoms with Gasteiger partial charge in [0.2, 0.25) is 0 Å². The molecule has 2 rings (SSSR count). The van der Waals surface area contributed by atoms with Gasteiger partial charge in [-0.3, -0.25) is 4.90 Å². The molecular formula is C18H30N2. The minimum Gasteiger partial charge on any atom is -0.314 e. The Morgan fingerprint density at radius 1 is 1.00 bits per heavy atom. The molecule has 0 aliphatic carbocycles. The molecular weight excluding hydrogens is 244 g/mol. The Kier molecular flexibility index (Phi) is 5.62. The van der Waals surface area contributed by atoms with Gasteiger partial charge in [-0.05, 0) is 43.4 Å². The molecule has 20 heavy (non-hydrogen) atoms. The molecule has 112 valence electrons. The van der Waals surface area contributed by atoms with Gasteiger partial charge < -0.3 is 5.32 Å². The lowest BCUT2D eigenvalue weighted by Crippen LogP contribution is -2.43. The quantitative estimate of drug-likeness (QED) is 0.887. The molecule has 0 radical (unpaired) electrons. The highest BCUT2D eigenvalue weighted by Crippen LogP contribution is 2.19. The highest BCUT2D eigenvalue weighted by molar-refractivity contribution is 5.28. The van der Waals surface area contributed by atoms with E-state index in [2.05, 4.69) is 62.2 Å². The van der Waals surface area contributed by atoms with Gasteiger partial charge >= 0.3 is 0 Å². The summed E-state index contributed by atoms with van der Waals surface area (Å²) in [6.07, 6.45) is 2.40. The monoisotopic (exact) mass is 274 g/mol. The molecule has 1 N–H and O–H groups in total. The van der Waals surface area contributed by atoms with Gasteiger partial charge in [-0.15, -0.1) is 0 Å². The number of fused-ring (bicyclic) bond motifs is 1. The lowest BCUT2D eigenvalue weighted by molar-refractivity contribution is 0.165. The Bertz CT molecular complexity index is 387. The number of hydrogen-bond donors (Lipinski definition) is 1. The van der Waals surface area contributed by atoms with Crippen molar-refractivity contribution in [2.24, 2.45) is 5.92 Å². The van der Waals surface area contributed by atoms with Crippen molar-refractivity contribution < 1.29 is 0 Å². The standard InChI is InChI=1S/C18H30N2/c1-14(2)19-13-15(3)16(4)20-11-9-17-7-5-6-8-18(17)10-12-20/h5-8,14-16,19H,9-13H2,1-4H3. The zero-order chi connectivity index (χ0) is 14.5. The number of rotatable bonds is 5. The van der Waals surface area contributed by atoms with Crippen LogP contribution in [0.3, 0.4) is 0 Å². The van der Waals surface area contributed by atoms with Crippen molar-refractivity contribution in [1.29, 1.82) is 0 Å². The molecule has 0 bridgehead atoms. The molecule has 2 nitrogen and oxygen atoms in total. The van der Waals surface area contributed by atoms with E-state index in [1.54, 1.807) is 11.1 Å². The van der Waals surface area contributed by atoms with Crippen molar-refractivity contribution in [2.45, 2.75) is 52.6 Å². The smallest absolute Gasteiger partial charge is 0.0105 e. The van der Waals surface area contributed by atoms with E-state index in [0.29, 0.717) is 18.0 Å². The second-order valence-electron chi connectivity index (χ2n) is 6.59. The summed E-state index contributed by atoms with van der Waals surface area (Å²) >= 11 is 0. The summed E-state index contributed by atoms with van der Waals surface area (Å²) in [6, 6.07) is 10.2. The molecule has 0 spiro atoms. The zero-order valence-electron chi connectivity index (χ0n) is 13.5. The normalized spacial score (nSPS) is 19.4. The molecule has 1 aliphatic rings. The Morgan fingerprint density at radius 2 is 1.55 bits per heavy atom. The van der Waals surface area contributed by atoms with E-state index in [9.17, 15) is 0 Å². The second-order valence-corrected chi connectivity index (χ2v) is 6.59. The summed E-state index contributed by atoms with van der Waals surface area (Å²) in [6.45, 7) is 12.7. The number of nitrogens with one attached hydrogen (secondary N) is 1. The third-order valence-corrected chi connectivity index (χ3v) is 4.70. The van der Waals surface area contributed by atoms with Crippen LogP contribution in [0.1, 0.15) is 38.8 Å². The topological polar surface area (TPSA) is 15.3 Å². The fourth-order valence-corrected chi connectivity index (χ4v) is 3.04. The van der Waals surface area contributed by atoms with Gasteiger partial charge in [0.05, 0.1) is 0 Å². The van der Waals surface area contributed by atoms with Crippen molar-refractivity contribution in [2.75, 3.05) is 19.6 Å². The molecule has 1 aromatic rings.